The highest BCUT2D eigenvalue weighted by molar-refractivity contribution is 5.38. The van der Waals surface area contributed by atoms with Crippen LogP contribution in [0.5, 0.6) is 11.6 Å². The molecular formula is C14H14FN3O. The van der Waals surface area contributed by atoms with Gasteiger partial charge in [0.15, 0.2) is 11.6 Å². The van der Waals surface area contributed by atoms with Crippen LogP contribution in [0.1, 0.15) is 30.1 Å². The smallest absolute Gasteiger partial charge is 0.224 e. The summed E-state index contributed by atoms with van der Waals surface area (Å²) >= 11 is 0. The van der Waals surface area contributed by atoms with Gasteiger partial charge in [-0.1, -0.05) is 6.07 Å². The van der Waals surface area contributed by atoms with Gasteiger partial charge in [0.05, 0.1) is 0 Å². The van der Waals surface area contributed by atoms with Crippen molar-refractivity contribution in [2.24, 2.45) is 0 Å². The maximum absolute atomic E-state index is 13.6. The number of nitrogen functional groups attached to an aromatic ring is 1. The molecule has 1 heterocycles. The highest BCUT2D eigenvalue weighted by Gasteiger charge is 2.27. The summed E-state index contributed by atoms with van der Waals surface area (Å²) < 4.78 is 19.1. The Morgan fingerprint density at radius 3 is 2.79 bits per heavy atom. The summed E-state index contributed by atoms with van der Waals surface area (Å²) in [6.45, 7) is 1.87. The van der Waals surface area contributed by atoms with Gasteiger partial charge in [-0.05, 0) is 37.5 Å². The number of anilines is 1. The van der Waals surface area contributed by atoms with E-state index in [2.05, 4.69) is 9.97 Å². The van der Waals surface area contributed by atoms with Crippen molar-refractivity contribution in [3.05, 3.63) is 41.5 Å². The number of nitrogens with two attached hydrogens (primary N) is 1. The highest BCUT2D eigenvalue weighted by atomic mass is 19.1. The summed E-state index contributed by atoms with van der Waals surface area (Å²) in [6.07, 6.45) is 2.14. The molecule has 0 spiro atoms. The fourth-order valence-electron chi connectivity index (χ4n) is 1.84. The molecule has 1 aliphatic rings. The Labute approximate surface area is 110 Å². The van der Waals surface area contributed by atoms with Crippen LogP contribution in [-0.2, 0) is 0 Å². The fraction of sp³-hybridized carbons (Fsp3) is 0.286. The van der Waals surface area contributed by atoms with Crippen LogP contribution >= 0.6 is 0 Å². The molecule has 2 aromatic rings. The Balaban J connectivity index is 1.92. The second-order valence-electron chi connectivity index (χ2n) is 4.80. The van der Waals surface area contributed by atoms with Gasteiger partial charge in [0, 0.05) is 12.0 Å². The summed E-state index contributed by atoms with van der Waals surface area (Å²) in [4.78, 5) is 8.45. The van der Waals surface area contributed by atoms with E-state index in [1.165, 1.54) is 12.1 Å². The molecular weight excluding hydrogens is 245 g/mol. The molecule has 0 bridgehead atoms. The lowest BCUT2D eigenvalue weighted by Gasteiger charge is -2.08. The largest absolute Gasteiger partial charge is 0.436 e. The van der Waals surface area contributed by atoms with Gasteiger partial charge in [0.1, 0.15) is 11.6 Å². The first kappa shape index (κ1) is 11.9. The molecule has 0 amide bonds. The number of rotatable bonds is 3. The third-order valence-electron chi connectivity index (χ3n) is 2.98. The van der Waals surface area contributed by atoms with Crippen LogP contribution in [0.15, 0.2) is 24.3 Å². The van der Waals surface area contributed by atoms with Crippen LogP contribution in [0.2, 0.25) is 0 Å². The van der Waals surface area contributed by atoms with Gasteiger partial charge < -0.3 is 10.5 Å². The van der Waals surface area contributed by atoms with Crippen molar-refractivity contribution in [1.82, 2.24) is 9.97 Å². The molecule has 1 aromatic heterocycles. The van der Waals surface area contributed by atoms with Gasteiger partial charge in [0.25, 0.3) is 0 Å². The minimum absolute atomic E-state index is 0.153. The summed E-state index contributed by atoms with van der Waals surface area (Å²) in [7, 11) is 0. The highest BCUT2D eigenvalue weighted by Crippen LogP contribution is 2.39. The Bertz CT molecular complexity index is 626. The molecule has 98 valence electrons. The van der Waals surface area contributed by atoms with E-state index in [1.54, 1.807) is 12.1 Å². The second kappa shape index (κ2) is 4.50. The van der Waals surface area contributed by atoms with Gasteiger partial charge in [0.2, 0.25) is 5.88 Å². The predicted molar refractivity (Wildman–Crippen MR) is 69.6 cm³/mol. The first-order valence-electron chi connectivity index (χ1n) is 6.20. The summed E-state index contributed by atoms with van der Waals surface area (Å²) in [5, 5.41) is 0. The zero-order valence-corrected chi connectivity index (χ0v) is 10.6. The topological polar surface area (TPSA) is 61.0 Å². The standard InChI is InChI=1S/C14H14FN3O/c1-8-2-5-10(15)11(6-8)19-13-7-12(16)17-14(18-13)9-3-4-9/h2,5-7,9H,3-4H2,1H3,(H2,16,17,18). The Morgan fingerprint density at radius 2 is 2.05 bits per heavy atom. The number of nitrogens with zero attached hydrogens (tertiary/aromatic N) is 2. The molecule has 2 N–H and O–H groups in total. The SMILES string of the molecule is Cc1ccc(F)c(Oc2cc(N)nc(C3CC3)n2)c1. The van der Waals surface area contributed by atoms with Crippen LogP contribution < -0.4 is 10.5 Å². The van der Waals surface area contributed by atoms with E-state index in [9.17, 15) is 4.39 Å². The van der Waals surface area contributed by atoms with Crippen molar-refractivity contribution in [3.8, 4) is 11.6 Å². The molecule has 1 saturated carbocycles. The van der Waals surface area contributed by atoms with E-state index in [4.69, 9.17) is 10.5 Å². The van der Waals surface area contributed by atoms with Crippen LogP contribution in [-0.4, -0.2) is 9.97 Å². The van der Waals surface area contributed by atoms with Crippen LogP contribution in [0.25, 0.3) is 0 Å². The zero-order valence-electron chi connectivity index (χ0n) is 10.6. The number of benzene rings is 1. The summed E-state index contributed by atoms with van der Waals surface area (Å²) in [6, 6.07) is 6.20. The van der Waals surface area contributed by atoms with E-state index in [0.717, 1.165) is 18.4 Å². The molecule has 5 heteroatoms. The Hall–Kier alpha value is -2.17. The monoisotopic (exact) mass is 259 g/mol. The van der Waals surface area contributed by atoms with Gasteiger partial charge in [-0.3, -0.25) is 0 Å². The van der Waals surface area contributed by atoms with E-state index < -0.39 is 5.82 Å². The third-order valence-corrected chi connectivity index (χ3v) is 2.98. The first-order valence-corrected chi connectivity index (χ1v) is 6.20. The lowest BCUT2D eigenvalue weighted by Crippen LogP contribution is -2.01. The van der Waals surface area contributed by atoms with Crippen LogP contribution in [0.4, 0.5) is 10.2 Å². The second-order valence-corrected chi connectivity index (χ2v) is 4.80. The van der Waals surface area contributed by atoms with Crippen molar-refractivity contribution in [2.75, 3.05) is 5.73 Å². The molecule has 1 fully saturated rings. The molecule has 19 heavy (non-hydrogen) atoms. The lowest BCUT2D eigenvalue weighted by atomic mass is 10.2. The number of halogens is 1. The molecule has 0 aliphatic heterocycles. The molecule has 3 rings (SSSR count). The summed E-state index contributed by atoms with van der Waals surface area (Å²) in [5.74, 6) is 1.42. The van der Waals surface area contributed by atoms with Gasteiger partial charge in [-0.2, -0.15) is 4.98 Å². The maximum Gasteiger partial charge on any atom is 0.224 e. The molecule has 4 nitrogen and oxygen atoms in total. The van der Waals surface area contributed by atoms with Crippen LogP contribution in [0, 0.1) is 12.7 Å². The molecule has 0 saturated heterocycles. The molecule has 1 aromatic carbocycles. The normalized spacial score (nSPS) is 14.4. The van der Waals surface area contributed by atoms with Crippen LogP contribution in [0.3, 0.4) is 0 Å². The first-order chi connectivity index (χ1) is 9.11. The lowest BCUT2D eigenvalue weighted by molar-refractivity contribution is 0.424. The number of aryl methyl sites for hydroxylation is 1. The Kier molecular flexibility index (Phi) is 2.81. The molecule has 0 radical (unpaired) electrons. The van der Waals surface area contributed by atoms with E-state index in [1.807, 2.05) is 6.92 Å². The number of ether oxygens (including phenoxy) is 1. The van der Waals surface area contributed by atoms with E-state index in [-0.39, 0.29) is 5.75 Å². The summed E-state index contributed by atoms with van der Waals surface area (Å²) in [5.41, 5.74) is 6.64. The minimum atomic E-state index is -0.421. The van der Waals surface area contributed by atoms with E-state index in [0.29, 0.717) is 23.4 Å². The zero-order chi connectivity index (χ0) is 13.4. The average Bonchev–Trinajstić information content (AvgIpc) is 3.17. The molecule has 0 unspecified atom stereocenters. The molecule has 1 aliphatic carbocycles. The van der Waals surface area contributed by atoms with Crippen molar-refractivity contribution < 1.29 is 9.13 Å². The number of hydrogen-bond acceptors (Lipinski definition) is 4. The predicted octanol–water partition coefficient (Wildman–Crippen LogP) is 3.18. The molecule has 0 atom stereocenters. The third kappa shape index (κ3) is 2.65. The maximum atomic E-state index is 13.6. The van der Waals surface area contributed by atoms with Crippen molar-refractivity contribution in [3.63, 3.8) is 0 Å². The van der Waals surface area contributed by atoms with Crippen molar-refractivity contribution in [2.45, 2.75) is 25.7 Å². The quantitative estimate of drug-likeness (QED) is 0.919. The van der Waals surface area contributed by atoms with Crippen molar-refractivity contribution in [1.29, 1.82) is 0 Å². The van der Waals surface area contributed by atoms with E-state index >= 15 is 0 Å². The number of hydrogen-bond donors (Lipinski definition) is 1. The Morgan fingerprint density at radius 1 is 1.26 bits per heavy atom. The van der Waals surface area contributed by atoms with Gasteiger partial charge >= 0.3 is 0 Å². The average molecular weight is 259 g/mol. The van der Waals surface area contributed by atoms with Crippen molar-refractivity contribution >= 4 is 5.82 Å². The fourth-order valence-corrected chi connectivity index (χ4v) is 1.84. The van der Waals surface area contributed by atoms with Gasteiger partial charge in [-0.15, -0.1) is 0 Å². The van der Waals surface area contributed by atoms with Gasteiger partial charge in [-0.25, -0.2) is 9.37 Å². The minimum Gasteiger partial charge on any atom is -0.436 e. The number of aromatic nitrogens is 2.